The summed E-state index contributed by atoms with van der Waals surface area (Å²) in [5.41, 5.74) is 6.85. The van der Waals surface area contributed by atoms with Crippen LogP contribution in [0.3, 0.4) is 0 Å². The molecule has 2 atom stereocenters. The summed E-state index contributed by atoms with van der Waals surface area (Å²) in [6.07, 6.45) is 1.73. The molecule has 3 N–H and O–H groups in total. The summed E-state index contributed by atoms with van der Waals surface area (Å²) in [7, 11) is 0. The Hall–Kier alpha value is -1.17. The number of aromatic nitrogens is 1. The number of aliphatic hydroxyl groups is 1. The van der Waals surface area contributed by atoms with E-state index in [0.29, 0.717) is 5.82 Å². The summed E-state index contributed by atoms with van der Waals surface area (Å²) < 4.78 is 5.60. The van der Waals surface area contributed by atoms with Crippen LogP contribution in [0.5, 0.6) is 0 Å². The van der Waals surface area contributed by atoms with Gasteiger partial charge >= 0.3 is 0 Å². The van der Waals surface area contributed by atoms with Gasteiger partial charge in [-0.2, -0.15) is 0 Å². The molecule has 17 heavy (non-hydrogen) atoms. The van der Waals surface area contributed by atoms with Crippen molar-refractivity contribution < 1.29 is 9.84 Å². The van der Waals surface area contributed by atoms with Gasteiger partial charge in [-0.05, 0) is 13.0 Å². The van der Waals surface area contributed by atoms with Crippen molar-refractivity contribution >= 4 is 5.82 Å². The first-order valence-corrected chi connectivity index (χ1v) is 5.87. The summed E-state index contributed by atoms with van der Waals surface area (Å²) >= 11 is 0. The first kappa shape index (κ1) is 12.3. The van der Waals surface area contributed by atoms with Gasteiger partial charge in [0, 0.05) is 31.4 Å². The maximum atomic E-state index is 9.16. The molecular weight excluding hydrogens is 218 g/mol. The first-order chi connectivity index (χ1) is 8.19. The molecule has 0 saturated carbocycles. The van der Waals surface area contributed by atoms with Crippen LogP contribution >= 0.6 is 0 Å². The molecule has 2 heterocycles. The molecule has 1 aliphatic rings. The van der Waals surface area contributed by atoms with Gasteiger partial charge in [-0.1, -0.05) is 6.07 Å². The van der Waals surface area contributed by atoms with E-state index in [2.05, 4.69) is 9.88 Å². The van der Waals surface area contributed by atoms with Crippen molar-refractivity contribution in [1.82, 2.24) is 9.88 Å². The van der Waals surface area contributed by atoms with Gasteiger partial charge in [-0.3, -0.25) is 4.90 Å². The number of ether oxygens (including phenoxy) is 1. The lowest BCUT2D eigenvalue weighted by molar-refractivity contribution is -0.0972. The topological polar surface area (TPSA) is 71.6 Å². The number of pyridine rings is 1. The van der Waals surface area contributed by atoms with Gasteiger partial charge in [0.05, 0.1) is 18.8 Å². The molecule has 5 nitrogen and oxygen atoms in total. The lowest BCUT2D eigenvalue weighted by Crippen LogP contribution is -2.47. The average Bonchev–Trinajstić information content (AvgIpc) is 2.31. The number of nitrogens with two attached hydrogens (primary N) is 1. The SMILES string of the molecule is CC1CN(Cc2cccnc2N)CC(CO)O1. The van der Waals surface area contributed by atoms with Crippen molar-refractivity contribution in [2.75, 3.05) is 25.4 Å². The number of aliphatic hydroxyl groups excluding tert-OH is 1. The quantitative estimate of drug-likeness (QED) is 0.788. The number of rotatable bonds is 3. The van der Waals surface area contributed by atoms with Gasteiger partial charge in [0.15, 0.2) is 0 Å². The standard InChI is InChI=1S/C12H19N3O2/c1-9-5-15(7-11(8-16)17-9)6-10-3-2-4-14-12(10)13/h2-4,9,11,16H,5-8H2,1H3,(H2,13,14). The van der Waals surface area contributed by atoms with Crippen molar-refractivity contribution in [1.29, 1.82) is 0 Å². The minimum Gasteiger partial charge on any atom is -0.394 e. The molecule has 0 radical (unpaired) electrons. The Morgan fingerprint density at radius 2 is 2.41 bits per heavy atom. The molecule has 0 spiro atoms. The molecule has 94 valence electrons. The molecule has 1 aliphatic heterocycles. The van der Waals surface area contributed by atoms with E-state index in [4.69, 9.17) is 15.6 Å². The van der Waals surface area contributed by atoms with Crippen LogP contribution in [0.2, 0.25) is 0 Å². The Bertz CT molecular complexity index is 373. The van der Waals surface area contributed by atoms with Crippen LogP contribution in [0.25, 0.3) is 0 Å². The van der Waals surface area contributed by atoms with E-state index < -0.39 is 0 Å². The summed E-state index contributed by atoms with van der Waals surface area (Å²) in [5, 5.41) is 9.16. The second kappa shape index (κ2) is 5.44. The van der Waals surface area contributed by atoms with Crippen LogP contribution in [0.15, 0.2) is 18.3 Å². The maximum Gasteiger partial charge on any atom is 0.127 e. The number of anilines is 1. The van der Waals surface area contributed by atoms with E-state index in [1.807, 2.05) is 19.1 Å². The van der Waals surface area contributed by atoms with Crippen molar-refractivity contribution in [2.24, 2.45) is 0 Å². The fourth-order valence-electron chi connectivity index (χ4n) is 2.20. The number of nitrogen functional groups attached to an aromatic ring is 1. The number of morpholine rings is 1. The van der Waals surface area contributed by atoms with Crippen LogP contribution in [0.1, 0.15) is 12.5 Å². The predicted octanol–water partition coefficient (Wildman–Crippen LogP) is 0.245. The highest BCUT2D eigenvalue weighted by Crippen LogP contribution is 2.16. The normalized spacial score (nSPS) is 26.0. The largest absolute Gasteiger partial charge is 0.394 e. The Labute approximate surface area is 101 Å². The van der Waals surface area contributed by atoms with Gasteiger partial charge in [0.25, 0.3) is 0 Å². The lowest BCUT2D eigenvalue weighted by Gasteiger charge is -2.36. The third-order valence-corrected chi connectivity index (χ3v) is 2.93. The first-order valence-electron chi connectivity index (χ1n) is 5.87. The monoisotopic (exact) mass is 237 g/mol. The van der Waals surface area contributed by atoms with Gasteiger partial charge in [0.1, 0.15) is 5.82 Å². The van der Waals surface area contributed by atoms with E-state index in [1.165, 1.54) is 0 Å². The highest BCUT2D eigenvalue weighted by molar-refractivity contribution is 5.38. The zero-order valence-electron chi connectivity index (χ0n) is 10.0. The average molecular weight is 237 g/mol. The number of nitrogens with zero attached hydrogens (tertiary/aromatic N) is 2. The number of hydrogen-bond donors (Lipinski definition) is 2. The van der Waals surface area contributed by atoms with Crippen molar-refractivity contribution in [3.05, 3.63) is 23.9 Å². The summed E-state index contributed by atoms with van der Waals surface area (Å²) in [5.74, 6) is 0.576. The van der Waals surface area contributed by atoms with E-state index in [-0.39, 0.29) is 18.8 Å². The fourth-order valence-corrected chi connectivity index (χ4v) is 2.20. The van der Waals surface area contributed by atoms with Crippen LogP contribution in [-0.2, 0) is 11.3 Å². The minimum absolute atomic E-state index is 0.0589. The molecule has 1 fully saturated rings. The summed E-state index contributed by atoms with van der Waals surface area (Å²) in [4.78, 5) is 6.31. The fraction of sp³-hybridized carbons (Fsp3) is 0.583. The van der Waals surface area contributed by atoms with Crippen molar-refractivity contribution in [3.63, 3.8) is 0 Å². The van der Waals surface area contributed by atoms with Crippen molar-refractivity contribution in [3.8, 4) is 0 Å². The molecule has 0 amide bonds. The highest BCUT2D eigenvalue weighted by atomic mass is 16.5. The van der Waals surface area contributed by atoms with Crippen LogP contribution < -0.4 is 5.73 Å². The predicted molar refractivity (Wildman–Crippen MR) is 65.3 cm³/mol. The molecule has 2 rings (SSSR count). The Balaban J connectivity index is 2.01. The van der Waals surface area contributed by atoms with Gasteiger partial charge < -0.3 is 15.6 Å². The van der Waals surface area contributed by atoms with Gasteiger partial charge in [-0.15, -0.1) is 0 Å². The van der Waals surface area contributed by atoms with Crippen molar-refractivity contribution in [2.45, 2.75) is 25.7 Å². The molecule has 0 bridgehead atoms. The molecule has 0 aromatic carbocycles. The molecular formula is C12H19N3O2. The Kier molecular flexibility index (Phi) is 3.93. The van der Waals surface area contributed by atoms with E-state index in [9.17, 15) is 0 Å². The van der Waals surface area contributed by atoms with E-state index >= 15 is 0 Å². The van der Waals surface area contributed by atoms with Crippen LogP contribution in [0.4, 0.5) is 5.82 Å². The minimum atomic E-state index is -0.100. The molecule has 2 unspecified atom stereocenters. The third kappa shape index (κ3) is 3.15. The highest BCUT2D eigenvalue weighted by Gasteiger charge is 2.24. The zero-order chi connectivity index (χ0) is 12.3. The molecule has 1 aromatic heterocycles. The zero-order valence-corrected chi connectivity index (χ0v) is 10.0. The second-order valence-electron chi connectivity index (χ2n) is 4.49. The smallest absolute Gasteiger partial charge is 0.127 e. The summed E-state index contributed by atoms with van der Waals surface area (Å²) in [6, 6.07) is 3.87. The Morgan fingerprint density at radius 3 is 3.12 bits per heavy atom. The van der Waals surface area contributed by atoms with E-state index in [0.717, 1.165) is 25.2 Å². The maximum absolute atomic E-state index is 9.16. The number of hydrogen-bond acceptors (Lipinski definition) is 5. The van der Waals surface area contributed by atoms with Gasteiger partial charge in [0.2, 0.25) is 0 Å². The Morgan fingerprint density at radius 1 is 1.59 bits per heavy atom. The lowest BCUT2D eigenvalue weighted by atomic mass is 10.2. The molecule has 1 saturated heterocycles. The molecule has 0 aliphatic carbocycles. The molecule has 1 aromatic rings. The second-order valence-corrected chi connectivity index (χ2v) is 4.49. The third-order valence-electron chi connectivity index (χ3n) is 2.93. The summed E-state index contributed by atoms with van der Waals surface area (Å²) in [6.45, 7) is 4.41. The molecule has 5 heteroatoms. The van der Waals surface area contributed by atoms with Gasteiger partial charge in [-0.25, -0.2) is 4.98 Å². The van der Waals surface area contributed by atoms with Crippen LogP contribution in [0, 0.1) is 0 Å². The van der Waals surface area contributed by atoms with Crippen LogP contribution in [-0.4, -0.2) is 46.9 Å². The van der Waals surface area contributed by atoms with E-state index in [1.54, 1.807) is 6.20 Å².